The van der Waals surface area contributed by atoms with Crippen molar-refractivity contribution in [2.75, 3.05) is 51.6 Å². The molecule has 1 atom stereocenters. The average molecular weight is 743 g/mol. The van der Waals surface area contributed by atoms with Crippen LogP contribution in [0.2, 0.25) is 5.02 Å². The zero-order chi connectivity index (χ0) is 36.3. The fraction of sp³-hybridized carbons (Fsp3) is 0.381. The first-order valence-electron chi connectivity index (χ1n) is 18.3. The number of likely N-dealkylation sites (tertiary alicyclic amines) is 1. The molecule has 2 aliphatic rings. The van der Waals surface area contributed by atoms with Crippen molar-refractivity contribution in [3.05, 3.63) is 125 Å². The van der Waals surface area contributed by atoms with Crippen molar-refractivity contribution in [2.24, 2.45) is 5.92 Å². The molecule has 0 bridgehead atoms. The van der Waals surface area contributed by atoms with Crippen LogP contribution in [-0.2, 0) is 29.1 Å². The summed E-state index contributed by atoms with van der Waals surface area (Å²) in [4.78, 5) is 34.8. The van der Waals surface area contributed by atoms with Crippen molar-refractivity contribution >= 4 is 35.4 Å². The Bertz CT molecular complexity index is 1770. The number of rotatable bonds is 13. The summed E-state index contributed by atoms with van der Waals surface area (Å²) >= 11 is 8.08. The van der Waals surface area contributed by atoms with Gasteiger partial charge in [0.1, 0.15) is 18.5 Å². The molecule has 0 spiro atoms. The van der Waals surface area contributed by atoms with Gasteiger partial charge in [-0.1, -0.05) is 91.3 Å². The zero-order valence-electron chi connectivity index (χ0n) is 29.8. The lowest BCUT2D eigenvalue weighted by Crippen LogP contribution is -2.58. The normalized spacial score (nSPS) is 16.4. The van der Waals surface area contributed by atoms with E-state index in [2.05, 4.69) is 58.4 Å². The van der Waals surface area contributed by atoms with E-state index >= 15 is 0 Å². The van der Waals surface area contributed by atoms with E-state index in [1.165, 1.54) is 22.8 Å². The van der Waals surface area contributed by atoms with E-state index in [1.54, 1.807) is 17.8 Å². The Labute approximate surface area is 316 Å². The highest BCUT2D eigenvalue weighted by Gasteiger charge is 2.37. The smallest absolute Gasteiger partial charge is 0.408 e. The van der Waals surface area contributed by atoms with E-state index in [9.17, 15) is 14.0 Å². The first kappa shape index (κ1) is 37.9. The van der Waals surface area contributed by atoms with Gasteiger partial charge in [-0.25, -0.2) is 9.18 Å². The molecule has 0 saturated carbocycles. The number of amides is 2. The number of halogens is 2. The lowest BCUT2D eigenvalue weighted by molar-refractivity contribution is -0.137. The third-order valence-electron chi connectivity index (χ3n) is 10.1. The molecular weight excluding hydrogens is 695 g/mol. The van der Waals surface area contributed by atoms with E-state index in [4.69, 9.17) is 16.3 Å². The number of ether oxygens (including phenoxy) is 1. The summed E-state index contributed by atoms with van der Waals surface area (Å²) in [5.41, 5.74) is 5.18. The van der Waals surface area contributed by atoms with Gasteiger partial charge in [0.25, 0.3) is 0 Å². The number of hydrogen-bond acceptors (Lipinski definition) is 6. The number of alkyl carbamates (subject to hydrolysis) is 1. The Balaban J connectivity index is 1.08. The van der Waals surface area contributed by atoms with Crippen LogP contribution < -0.4 is 5.32 Å². The second kappa shape index (κ2) is 18.7. The minimum atomic E-state index is -0.686. The van der Waals surface area contributed by atoms with Crippen LogP contribution in [-0.4, -0.2) is 84.3 Å². The summed E-state index contributed by atoms with van der Waals surface area (Å²) in [6.45, 7) is 7.53. The fourth-order valence-electron chi connectivity index (χ4n) is 7.26. The van der Waals surface area contributed by atoms with E-state index < -0.39 is 12.1 Å². The van der Waals surface area contributed by atoms with Gasteiger partial charge >= 0.3 is 6.09 Å². The highest BCUT2D eigenvalue weighted by molar-refractivity contribution is 7.99. The summed E-state index contributed by atoms with van der Waals surface area (Å²) < 4.78 is 20.4. The van der Waals surface area contributed by atoms with Crippen LogP contribution in [0.15, 0.2) is 102 Å². The summed E-state index contributed by atoms with van der Waals surface area (Å²) in [7, 11) is 0. The van der Waals surface area contributed by atoms with Crippen molar-refractivity contribution in [1.29, 1.82) is 0 Å². The topological polar surface area (TPSA) is 65.1 Å². The third kappa shape index (κ3) is 10.2. The van der Waals surface area contributed by atoms with Crippen LogP contribution in [0.1, 0.15) is 36.5 Å². The van der Waals surface area contributed by atoms with Gasteiger partial charge in [0, 0.05) is 54.8 Å². The number of nitrogens with one attached hydrogen (secondary N) is 1. The van der Waals surface area contributed by atoms with Crippen molar-refractivity contribution < 1.29 is 18.7 Å². The molecule has 0 unspecified atom stereocenters. The molecular formula is C42H48ClFN4O3S. The number of nitrogens with zero attached hydrogens (tertiary/aromatic N) is 3. The number of piperidine rings is 1. The number of carbonyl (C=O) groups is 2. The zero-order valence-corrected chi connectivity index (χ0v) is 31.4. The molecule has 0 aliphatic carbocycles. The summed E-state index contributed by atoms with van der Waals surface area (Å²) in [5, 5.41) is 3.72. The minimum Gasteiger partial charge on any atom is -0.445 e. The van der Waals surface area contributed by atoms with Gasteiger partial charge in [0.2, 0.25) is 5.91 Å². The maximum atomic E-state index is 14.8. The Morgan fingerprint density at radius 3 is 2.31 bits per heavy atom. The number of benzene rings is 4. The van der Waals surface area contributed by atoms with Gasteiger partial charge in [-0.3, -0.25) is 9.69 Å². The summed E-state index contributed by atoms with van der Waals surface area (Å²) in [6.07, 6.45) is 1.83. The maximum Gasteiger partial charge on any atom is 0.408 e. The second-order valence-electron chi connectivity index (χ2n) is 13.5. The molecule has 7 nitrogen and oxygen atoms in total. The molecule has 2 heterocycles. The lowest BCUT2D eigenvalue weighted by atomic mass is 9.88. The molecule has 2 amide bonds. The molecule has 2 aliphatic heterocycles. The summed E-state index contributed by atoms with van der Waals surface area (Å²) in [5.74, 6) is 0.584. The molecule has 2 saturated heterocycles. The number of piperazine rings is 1. The SMILES string of the molecule is CCSc1cccc(F)c1CN1CCN(C(=O)[C@H](NC(=O)OCc2ccccc2)C2CCN(CCc3cc(Cl)ccc3-c3ccccc3)CC2)CC1. The van der Waals surface area contributed by atoms with E-state index in [0.717, 1.165) is 60.1 Å². The van der Waals surface area contributed by atoms with Crippen LogP contribution in [0.25, 0.3) is 11.1 Å². The molecule has 274 valence electrons. The Morgan fingerprint density at radius 1 is 0.885 bits per heavy atom. The fourth-order valence-corrected chi connectivity index (χ4v) is 8.28. The van der Waals surface area contributed by atoms with E-state index in [1.807, 2.05) is 53.4 Å². The number of hydrogen-bond donors (Lipinski definition) is 1. The Kier molecular flexibility index (Phi) is 13.6. The second-order valence-corrected chi connectivity index (χ2v) is 15.3. The monoisotopic (exact) mass is 742 g/mol. The van der Waals surface area contributed by atoms with Crippen LogP contribution in [0, 0.1) is 11.7 Å². The number of thioether (sulfide) groups is 1. The van der Waals surface area contributed by atoms with Crippen LogP contribution in [0.5, 0.6) is 0 Å². The molecule has 1 N–H and O–H groups in total. The first-order chi connectivity index (χ1) is 25.4. The highest BCUT2D eigenvalue weighted by Crippen LogP contribution is 2.29. The largest absolute Gasteiger partial charge is 0.445 e. The standard InChI is InChI=1S/C42H48ClFN4O3S/c1-2-52-39-15-9-14-38(44)37(39)29-47-24-26-48(27-25-47)41(49)40(45-42(50)51-30-31-10-5-3-6-11-31)33-18-21-46(22-19-33)23-20-34-28-35(43)16-17-36(34)32-12-7-4-8-13-32/h3-17,28,33,40H,2,18-27,29-30H2,1H3,(H,45,50)/t40-/m1/s1. The molecule has 0 radical (unpaired) electrons. The minimum absolute atomic E-state index is 0.0239. The predicted molar refractivity (Wildman–Crippen MR) is 208 cm³/mol. The quantitative estimate of drug-likeness (QED) is 0.140. The van der Waals surface area contributed by atoms with Gasteiger partial charge in [0.15, 0.2) is 0 Å². The highest BCUT2D eigenvalue weighted by atomic mass is 35.5. The molecule has 4 aromatic carbocycles. The van der Waals surface area contributed by atoms with E-state index in [0.29, 0.717) is 38.3 Å². The third-order valence-corrected chi connectivity index (χ3v) is 11.4. The van der Waals surface area contributed by atoms with E-state index in [-0.39, 0.29) is 24.2 Å². The molecule has 10 heteroatoms. The van der Waals surface area contributed by atoms with Gasteiger partial charge in [-0.2, -0.15) is 0 Å². The van der Waals surface area contributed by atoms with Crippen molar-refractivity contribution in [3.8, 4) is 11.1 Å². The van der Waals surface area contributed by atoms with Crippen LogP contribution in [0.3, 0.4) is 0 Å². The van der Waals surface area contributed by atoms with Crippen molar-refractivity contribution in [1.82, 2.24) is 20.0 Å². The number of carbonyl (C=O) groups excluding carboxylic acids is 2. The Hall–Kier alpha value is -3.89. The predicted octanol–water partition coefficient (Wildman–Crippen LogP) is 8.15. The van der Waals surface area contributed by atoms with Crippen LogP contribution in [0.4, 0.5) is 9.18 Å². The molecule has 2 fully saturated rings. The average Bonchev–Trinajstić information content (AvgIpc) is 3.18. The summed E-state index contributed by atoms with van der Waals surface area (Å²) in [6, 6.07) is 30.6. The van der Waals surface area contributed by atoms with Gasteiger partial charge < -0.3 is 19.9 Å². The molecule has 52 heavy (non-hydrogen) atoms. The van der Waals surface area contributed by atoms with Gasteiger partial charge in [0.05, 0.1) is 0 Å². The van der Waals surface area contributed by atoms with Gasteiger partial charge in [-0.15, -0.1) is 11.8 Å². The Morgan fingerprint density at radius 2 is 1.60 bits per heavy atom. The first-order valence-corrected chi connectivity index (χ1v) is 19.7. The molecule has 4 aromatic rings. The van der Waals surface area contributed by atoms with Crippen molar-refractivity contribution in [2.45, 2.75) is 50.3 Å². The van der Waals surface area contributed by atoms with Gasteiger partial charge in [-0.05, 0) is 90.5 Å². The lowest BCUT2D eigenvalue weighted by Gasteiger charge is -2.40. The molecule has 6 rings (SSSR count). The van der Waals surface area contributed by atoms with Crippen LogP contribution >= 0.6 is 23.4 Å². The maximum absolute atomic E-state index is 14.8. The van der Waals surface area contributed by atoms with Crippen molar-refractivity contribution in [3.63, 3.8) is 0 Å². The molecule has 0 aromatic heterocycles.